The Bertz CT molecular complexity index is 790. The number of carbonyl (C=O) groups is 2. The zero-order valence-corrected chi connectivity index (χ0v) is 14.2. The predicted octanol–water partition coefficient (Wildman–Crippen LogP) is 2.84. The van der Waals surface area contributed by atoms with Gasteiger partial charge in [0, 0.05) is 0 Å². The number of rotatable bonds is 6. The Morgan fingerprint density at radius 1 is 1.08 bits per heavy atom. The first-order chi connectivity index (χ1) is 12.2. The van der Waals surface area contributed by atoms with E-state index in [4.69, 9.17) is 9.47 Å². The number of nitrogens with zero attached hydrogens (tertiary/aromatic N) is 1. The van der Waals surface area contributed by atoms with Crippen molar-refractivity contribution in [2.75, 3.05) is 23.9 Å². The quantitative estimate of drug-likeness (QED) is 0.819. The van der Waals surface area contributed by atoms with E-state index in [2.05, 4.69) is 5.32 Å². The number of hydrogen-bond donors (Lipinski definition) is 1. The molecule has 2 amide bonds. The fraction of sp³-hybridized carbons (Fsp3) is 0.263. The van der Waals surface area contributed by atoms with Gasteiger partial charge >= 0.3 is 0 Å². The first kappa shape index (κ1) is 16.8. The molecule has 0 unspecified atom stereocenters. The van der Waals surface area contributed by atoms with Gasteiger partial charge in [-0.1, -0.05) is 24.3 Å². The summed E-state index contributed by atoms with van der Waals surface area (Å²) in [6, 6.07) is 13.7. The second-order valence-corrected chi connectivity index (χ2v) is 5.57. The molecule has 1 fully saturated rings. The van der Waals surface area contributed by atoms with Crippen LogP contribution in [0, 0.1) is 0 Å². The SMILES string of the molecule is CCOc1ccccc1N[C@H]1CC(=O)N(c2ccccc2OC)C1=O. The molecular weight excluding hydrogens is 320 g/mol. The van der Waals surface area contributed by atoms with Crippen LogP contribution in [0.3, 0.4) is 0 Å². The fourth-order valence-electron chi connectivity index (χ4n) is 2.87. The van der Waals surface area contributed by atoms with Crippen molar-refractivity contribution in [2.45, 2.75) is 19.4 Å². The van der Waals surface area contributed by atoms with Crippen LogP contribution in [-0.2, 0) is 9.59 Å². The fourth-order valence-corrected chi connectivity index (χ4v) is 2.87. The van der Waals surface area contributed by atoms with E-state index in [1.165, 1.54) is 12.0 Å². The summed E-state index contributed by atoms with van der Waals surface area (Å²) in [5.74, 6) is 0.572. The molecule has 0 aromatic heterocycles. The van der Waals surface area contributed by atoms with Gasteiger partial charge in [0.15, 0.2) is 0 Å². The maximum atomic E-state index is 12.8. The zero-order chi connectivity index (χ0) is 17.8. The van der Waals surface area contributed by atoms with Crippen molar-refractivity contribution in [1.82, 2.24) is 0 Å². The lowest BCUT2D eigenvalue weighted by Gasteiger charge is -2.19. The average Bonchev–Trinajstić information content (AvgIpc) is 2.90. The van der Waals surface area contributed by atoms with E-state index in [1.54, 1.807) is 24.3 Å². The smallest absolute Gasteiger partial charge is 0.256 e. The Morgan fingerprint density at radius 3 is 2.48 bits per heavy atom. The number of para-hydroxylation sites is 4. The summed E-state index contributed by atoms with van der Waals surface area (Å²) in [5, 5.41) is 3.13. The summed E-state index contributed by atoms with van der Waals surface area (Å²) in [6.45, 7) is 2.41. The highest BCUT2D eigenvalue weighted by Crippen LogP contribution is 2.33. The molecule has 1 heterocycles. The third kappa shape index (κ3) is 3.28. The molecule has 1 atom stereocenters. The molecule has 0 radical (unpaired) electrons. The highest BCUT2D eigenvalue weighted by atomic mass is 16.5. The number of benzene rings is 2. The van der Waals surface area contributed by atoms with E-state index >= 15 is 0 Å². The molecule has 25 heavy (non-hydrogen) atoms. The predicted molar refractivity (Wildman–Crippen MR) is 95.1 cm³/mol. The van der Waals surface area contributed by atoms with Crippen LogP contribution in [0.2, 0.25) is 0 Å². The van der Waals surface area contributed by atoms with Gasteiger partial charge < -0.3 is 14.8 Å². The van der Waals surface area contributed by atoms with Gasteiger partial charge in [-0.25, -0.2) is 4.90 Å². The molecular formula is C19H20N2O4. The van der Waals surface area contributed by atoms with Gasteiger partial charge in [-0.15, -0.1) is 0 Å². The van der Waals surface area contributed by atoms with Crippen molar-refractivity contribution in [1.29, 1.82) is 0 Å². The lowest BCUT2D eigenvalue weighted by molar-refractivity contribution is -0.121. The van der Waals surface area contributed by atoms with Crippen molar-refractivity contribution < 1.29 is 19.1 Å². The highest BCUT2D eigenvalue weighted by molar-refractivity contribution is 6.23. The summed E-state index contributed by atoms with van der Waals surface area (Å²) in [5.41, 5.74) is 1.15. The van der Waals surface area contributed by atoms with Gasteiger partial charge in [0.05, 0.1) is 31.5 Å². The van der Waals surface area contributed by atoms with Crippen LogP contribution in [-0.4, -0.2) is 31.6 Å². The Morgan fingerprint density at radius 2 is 1.76 bits per heavy atom. The molecule has 1 aliphatic heterocycles. The summed E-state index contributed by atoms with van der Waals surface area (Å²) in [7, 11) is 1.51. The van der Waals surface area contributed by atoms with E-state index in [0.717, 1.165) is 0 Å². The molecule has 6 heteroatoms. The molecule has 130 valence electrons. The number of methoxy groups -OCH3 is 1. The maximum absolute atomic E-state index is 12.8. The van der Waals surface area contributed by atoms with Crippen molar-refractivity contribution in [3.8, 4) is 11.5 Å². The van der Waals surface area contributed by atoms with Gasteiger partial charge in [-0.2, -0.15) is 0 Å². The van der Waals surface area contributed by atoms with E-state index in [0.29, 0.717) is 29.5 Å². The first-order valence-corrected chi connectivity index (χ1v) is 8.14. The summed E-state index contributed by atoms with van der Waals surface area (Å²) >= 11 is 0. The normalized spacial score (nSPS) is 16.9. The van der Waals surface area contributed by atoms with Gasteiger partial charge in [0.25, 0.3) is 5.91 Å². The number of ether oxygens (including phenoxy) is 2. The number of imide groups is 1. The third-order valence-electron chi connectivity index (χ3n) is 3.99. The van der Waals surface area contributed by atoms with Gasteiger partial charge in [0.1, 0.15) is 17.5 Å². The lowest BCUT2D eigenvalue weighted by atomic mass is 10.2. The van der Waals surface area contributed by atoms with E-state index in [1.807, 2.05) is 31.2 Å². The van der Waals surface area contributed by atoms with Crippen LogP contribution in [0.25, 0.3) is 0 Å². The highest BCUT2D eigenvalue weighted by Gasteiger charge is 2.40. The third-order valence-corrected chi connectivity index (χ3v) is 3.99. The Labute approximate surface area is 146 Å². The molecule has 0 aliphatic carbocycles. The van der Waals surface area contributed by atoms with Crippen molar-refractivity contribution in [3.63, 3.8) is 0 Å². The van der Waals surface area contributed by atoms with Crippen molar-refractivity contribution in [3.05, 3.63) is 48.5 Å². The summed E-state index contributed by atoms with van der Waals surface area (Å²) < 4.78 is 10.8. The largest absolute Gasteiger partial charge is 0.495 e. The molecule has 2 aromatic rings. The molecule has 1 aliphatic rings. The van der Waals surface area contributed by atoms with Crippen LogP contribution in [0.4, 0.5) is 11.4 Å². The summed E-state index contributed by atoms with van der Waals surface area (Å²) in [6.07, 6.45) is 0.0807. The van der Waals surface area contributed by atoms with Crippen LogP contribution in [0.1, 0.15) is 13.3 Å². The van der Waals surface area contributed by atoms with Gasteiger partial charge in [-0.05, 0) is 31.2 Å². The van der Waals surface area contributed by atoms with Gasteiger partial charge in [-0.3, -0.25) is 9.59 Å². The number of carbonyl (C=O) groups excluding carboxylic acids is 2. The minimum Gasteiger partial charge on any atom is -0.495 e. The Balaban J connectivity index is 1.85. The van der Waals surface area contributed by atoms with E-state index < -0.39 is 6.04 Å². The molecule has 0 saturated carbocycles. The number of hydrogen-bond acceptors (Lipinski definition) is 5. The molecule has 2 aromatic carbocycles. The van der Waals surface area contributed by atoms with Crippen molar-refractivity contribution in [2.24, 2.45) is 0 Å². The Hall–Kier alpha value is -3.02. The average molecular weight is 340 g/mol. The number of anilines is 2. The number of nitrogens with one attached hydrogen (secondary N) is 1. The second kappa shape index (κ2) is 7.25. The van der Waals surface area contributed by atoms with Crippen LogP contribution in [0.15, 0.2) is 48.5 Å². The van der Waals surface area contributed by atoms with Crippen LogP contribution in [0.5, 0.6) is 11.5 Å². The maximum Gasteiger partial charge on any atom is 0.256 e. The topological polar surface area (TPSA) is 67.9 Å². The van der Waals surface area contributed by atoms with Crippen molar-refractivity contribution >= 4 is 23.2 Å². The molecule has 6 nitrogen and oxygen atoms in total. The summed E-state index contributed by atoms with van der Waals surface area (Å²) in [4.78, 5) is 26.4. The molecule has 0 spiro atoms. The molecule has 0 bridgehead atoms. The lowest BCUT2D eigenvalue weighted by Crippen LogP contribution is -2.35. The van der Waals surface area contributed by atoms with Crippen LogP contribution < -0.4 is 19.7 Å². The Kier molecular flexibility index (Phi) is 4.88. The van der Waals surface area contributed by atoms with E-state index in [9.17, 15) is 9.59 Å². The monoisotopic (exact) mass is 340 g/mol. The van der Waals surface area contributed by atoms with Crippen LogP contribution >= 0.6 is 0 Å². The van der Waals surface area contributed by atoms with Gasteiger partial charge in [0.2, 0.25) is 5.91 Å². The minimum atomic E-state index is -0.640. The standard InChI is InChI=1S/C19H20N2O4/c1-3-25-16-10-6-4-8-13(16)20-14-12-18(22)21(19(14)23)15-9-5-7-11-17(15)24-2/h4-11,14,20H,3,12H2,1-2H3/t14-/m0/s1. The minimum absolute atomic E-state index is 0.0807. The molecule has 1 N–H and O–H groups in total. The number of amides is 2. The second-order valence-electron chi connectivity index (χ2n) is 5.57. The first-order valence-electron chi connectivity index (χ1n) is 8.14. The zero-order valence-electron chi connectivity index (χ0n) is 14.2. The molecule has 3 rings (SSSR count). The van der Waals surface area contributed by atoms with E-state index in [-0.39, 0.29) is 18.2 Å². The molecule has 1 saturated heterocycles.